The van der Waals surface area contributed by atoms with Gasteiger partial charge in [-0.25, -0.2) is 22.4 Å². The van der Waals surface area contributed by atoms with Gasteiger partial charge in [0.15, 0.2) is 11.6 Å². The van der Waals surface area contributed by atoms with Crippen LogP contribution in [0.5, 0.6) is 5.75 Å². The Kier molecular flexibility index (Phi) is 8.83. The largest absolute Gasteiger partial charge is 0.422 e. The maximum absolute atomic E-state index is 15.0. The third-order valence-electron chi connectivity index (χ3n) is 5.79. The summed E-state index contributed by atoms with van der Waals surface area (Å²) in [6.45, 7) is 4.39. The molecule has 3 rings (SSSR count). The molecule has 0 fully saturated rings. The molecule has 1 amide bonds. The van der Waals surface area contributed by atoms with E-state index in [1.54, 1.807) is 12.1 Å². The minimum atomic E-state index is -3.57. The highest BCUT2D eigenvalue weighted by molar-refractivity contribution is 7.92. The summed E-state index contributed by atoms with van der Waals surface area (Å²) in [7, 11) is 1.19. The first-order valence-electron chi connectivity index (χ1n) is 11.5. The SMILES string of the molecule is CCN(C)Cc1c(Cc2cccc(NS(=O)(=O)CC)c2Cl)c(=O)oc2cc(OC(=O)N(C)C)c(F)cc12. The number of nitrogens with zero attached hydrogens (tertiary/aromatic N) is 2. The number of carbonyl (C=O) groups is 1. The molecule has 0 saturated carbocycles. The average Bonchev–Trinajstić information content (AvgIpc) is 2.84. The van der Waals surface area contributed by atoms with Crippen molar-refractivity contribution >= 4 is 44.4 Å². The second kappa shape index (κ2) is 11.5. The third kappa shape index (κ3) is 6.60. The Balaban J connectivity index is 2.16. The van der Waals surface area contributed by atoms with Crippen molar-refractivity contribution in [2.45, 2.75) is 26.8 Å². The van der Waals surface area contributed by atoms with Crippen molar-refractivity contribution in [3.05, 3.63) is 68.3 Å². The molecule has 0 atom stereocenters. The minimum Gasteiger partial charge on any atom is -0.422 e. The van der Waals surface area contributed by atoms with Crippen LogP contribution in [0.4, 0.5) is 14.9 Å². The van der Waals surface area contributed by atoms with Crippen molar-refractivity contribution in [3.63, 3.8) is 0 Å². The van der Waals surface area contributed by atoms with E-state index in [0.717, 1.165) is 4.90 Å². The number of hydrogen-bond acceptors (Lipinski definition) is 7. The van der Waals surface area contributed by atoms with Gasteiger partial charge >= 0.3 is 11.7 Å². The molecule has 0 radical (unpaired) electrons. The Morgan fingerprint density at radius 1 is 1.16 bits per heavy atom. The number of nitrogens with one attached hydrogen (secondary N) is 1. The lowest BCUT2D eigenvalue weighted by atomic mass is 9.97. The summed E-state index contributed by atoms with van der Waals surface area (Å²) in [5.74, 6) is -1.29. The second-order valence-corrected chi connectivity index (χ2v) is 11.1. The smallest absolute Gasteiger partial charge is 0.414 e. The molecule has 37 heavy (non-hydrogen) atoms. The van der Waals surface area contributed by atoms with Crippen molar-refractivity contribution in [1.82, 2.24) is 9.80 Å². The molecule has 0 saturated heterocycles. The summed E-state index contributed by atoms with van der Waals surface area (Å²) in [4.78, 5) is 28.2. The molecule has 0 unspecified atom stereocenters. The topological polar surface area (TPSA) is 109 Å². The lowest BCUT2D eigenvalue weighted by Crippen LogP contribution is -2.25. The minimum absolute atomic E-state index is 0.0185. The summed E-state index contributed by atoms with van der Waals surface area (Å²) in [6, 6.07) is 7.18. The van der Waals surface area contributed by atoms with Crippen LogP contribution in [-0.2, 0) is 23.0 Å². The predicted octanol–water partition coefficient (Wildman–Crippen LogP) is 4.45. The number of hydrogen-bond donors (Lipinski definition) is 1. The molecule has 1 aromatic heterocycles. The van der Waals surface area contributed by atoms with Crippen molar-refractivity contribution in [1.29, 1.82) is 0 Å². The number of fused-ring (bicyclic) bond motifs is 1. The molecule has 2 aromatic carbocycles. The van der Waals surface area contributed by atoms with Gasteiger partial charge in [0.05, 0.1) is 16.5 Å². The van der Waals surface area contributed by atoms with E-state index in [1.165, 1.54) is 39.2 Å². The number of halogens is 2. The monoisotopic (exact) mass is 553 g/mol. The van der Waals surface area contributed by atoms with Gasteiger partial charge in [0, 0.05) is 44.1 Å². The molecule has 1 N–H and O–H groups in total. The molecule has 0 bridgehead atoms. The highest BCUT2D eigenvalue weighted by Crippen LogP contribution is 2.32. The molecule has 12 heteroatoms. The number of benzene rings is 2. The van der Waals surface area contributed by atoms with E-state index in [9.17, 15) is 22.4 Å². The van der Waals surface area contributed by atoms with Crippen LogP contribution in [0, 0.1) is 5.82 Å². The normalized spacial score (nSPS) is 11.7. The summed E-state index contributed by atoms with van der Waals surface area (Å²) >= 11 is 6.52. The van der Waals surface area contributed by atoms with Gasteiger partial charge in [0.25, 0.3) is 0 Å². The van der Waals surface area contributed by atoms with Crippen LogP contribution in [-0.4, -0.2) is 57.8 Å². The standard InChI is InChI=1S/C25H29ClFN3O6S/c1-6-30(5)14-18-16-12-19(27)22(36-25(32)29(3)4)13-21(16)35-24(31)17(18)11-15-9-8-10-20(23(15)26)28-37(33,34)7-2/h8-10,12-13,28H,6-7,11,14H2,1-5H3. The molecular formula is C25H29ClFN3O6S. The fraction of sp³-hybridized carbons (Fsp3) is 0.360. The number of sulfonamides is 1. The number of rotatable bonds is 9. The first kappa shape index (κ1) is 28.4. The Labute approximate surface area is 219 Å². The third-order valence-corrected chi connectivity index (χ3v) is 7.53. The Morgan fingerprint density at radius 3 is 2.49 bits per heavy atom. The summed E-state index contributed by atoms with van der Waals surface area (Å²) < 4.78 is 52.1. The maximum Gasteiger partial charge on any atom is 0.414 e. The highest BCUT2D eigenvalue weighted by Gasteiger charge is 2.22. The number of carbonyl (C=O) groups excluding carboxylic acids is 1. The summed E-state index contributed by atoms with van der Waals surface area (Å²) in [5, 5.41) is 0.488. The lowest BCUT2D eigenvalue weighted by Gasteiger charge is -2.19. The van der Waals surface area contributed by atoms with Crippen LogP contribution in [0.3, 0.4) is 0 Å². The zero-order valence-corrected chi connectivity index (χ0v) is 22.8. The Morgan fingerprint density at radius 2 is 1.86 bits per heavy atom. The maximum atomic E-state index is 15.0. The lowest BCUT2D eigenvalue weighted by molar-refractivity contribution is 0.170. The van der Waals surface area contributed by atoms with E-state index in [-0.39, 0.29) is 39.8 Å². The van der Waals surface area contributed by atoms with Crippen LogP contribution < -0.4 is 15.1 Å². The number of ether oxygens (including phenoxy) is 1. The van der Waals surface area contributed by atoms with E-state index < -0.39 is 27.6 Å². The van der Waals surface area contributed by atoms with E-state index >= 15 is 0 Å². The molecule has 3 aromatic rings. The molecule has 1 heterocycles. The molecular weight excluding hydrogens is 525 g/mol. The molecule has 9 nitrogen and oxygen atoms in total. The first-order chi connectivity index (χ1) is 17.4. The zero-order valence-electron chi connectivity index (χ0n) is 21.2. The zero-order chi connectivity index (χ0) is 27.5. The average molecular weight is 554 g/mol. The Hall–Kier alpha value is -3.15. The second-order valence-electron chi connectivity index (χ2n) is 8.68. The van der Waals surface area contributed by atoms with E-state index in [4.69, 9.17) is 20.8 Å². The van der Waals surface area contributed by atoms with Crippen LogP contribution >= 0.6 is 11.6 Å². The summed E-state index contributed by atoms with van der Waals surface area (Å²) in [5.41, 5.74) is 0.850. The van der Waals surface area contributed by atoms with Crippen molar-refractivity contribution in [3.8, 4) is 5.75 Å². The van der Waals surface area contributed by atoms with Crippen molar-refractivity contribution in [2.75, 3.05) is 38.2 Å². The molecule has 0 aliphatic heterocycles. The predicted molar refractivity (Wildman–Crippen MR) is 142 cm³/mol. The van der Waals surface area contributed by atoms with Crippen LogP contribution in [0.15, 0.2) is 39.5 Å². The van der Waals surface area contributed by atoms with Crippen LogP contribution in [0.25, 0.3) is 11.0 Å². The van der Waals surface area contributed by atoms with Gasteiger partial charge < -0.3 is 19.0 Å². The van der Waals surface area contributed by atoms with Gasteiger partial charge in [-0.15, -0.1) is 0 Å². The number of anilines is 1. The van der Waals surface area contributed by atoms with E-state index in [2.05, 4.69) is 4.72 Å². The molecule has 0 aliphatic rings. The molecule has 0 spiro atoms. The first-order valence-corrected chi connectivity index (χ1v) is 13.5. The highest BCUT2D eigenvalue weighted by atomic mass is 35.5. The van der Waals surface area contributed by atoms with Gasteiger partial charge in [0.1, 0.15) is 5.58 Å². The molecule has 0 aliphatic carbocycles. The van der Waals surface area contributed by atoms with Crippen LogP contribution in [0.1, 0.15) is 30.5 Å². The number of amides is 1. The fourth-order valence-electron chi connectivity index (χ4n) is 3.53. The van der Waals surface area contributed by atoms with Gasteiger partial charge in [-0.3, -0.25) is 4.72 Å². The van der Waals surface area contributed by atoms with Crippen molar-refractivity contribution in [2.24, 2.45) is 0 Å². The van der Waals surface area contributed by atoms with Crippen molar-refractivity contribution < 1.29 is 26.8 Å². The van der Waals surface area contributed by atoms with Gasteiger partial charge in [-0.05, 0) is 43.8 Å². The van der Waals surface area contributed by atoms with Gasteiger partial charge in [-0.1, -0.05) is 30.7 Å². The van der Waals surface area contributed by atoms with Gasteiger partial charge in [-0.2, -0.15) is 0 Å². The van der Waals surface area contributed by atoms with Crippen LogP contribution in [0.2, 0.25) is 5.02 Å². The van der Waals surface area contributed by atoms with Gasteiger partial charge in [0.2, 0.25) is 10.0 Å². The quantitative estimate of drug-likeness (QED) is 0.390. The fourth-order valence-corrected chi connectivity index (χ4v) is 4.48. The Bertz CT molecular complexity index is 1490. The summed E-state index contributed by atoms with van der Waals surface area (Å²) in [6.07, 6.45) is -0.763. The molecule has 200 valence electrons. The van der Waals surface area contributed by atoms with E-state index in [1.807, 2.05) is 18.9 Å². The van der Waals surface area contributed by atoms with E-state index in [0.29, 0.717) is 29.6 Å².